The van der Waals surface area contributed by atoms with Gasteiger partial charge in [0.25, 0.3) is 0 Å². The first-order valence-electron chi connectivity index (χ1n) is 7.24. The number of aromatic nitrogens is 2. The fourth-order valence-corrected chi connectivity index (χ4v) is 2.51. The number of carbonyl (C=O) groups is 1. The summed E-state index contributed by atoms with van der Waals surface area (Å²) in [5.41, 5.74) is 1.15. The van der Waals surface area contributed by atoms with Crippen LogP contribution in [0.5, 0.6) is 0 Å². The second-order valence-electron chi connectivity index (χ2n) is 5.44. The van der Waals surface area contributed by atoms with Crippen LogP contribution in [-0.4, -0.2) is 15.9 Å². The summed E-state index contributed by atoms with van der Waals surface area (Å²) >= 11 is 0. The third kappa shape index (κ3) is 3.40. The zero-order valence-electron chi connectivity index (χ0n) is 12.7. The number of hydrogen-bond donors (Lipinski definition) is 2. The highest BCUT2D eigenvalue weighted by Gasteiger charge is 2.33. The number of benzene rings is 2. The van der Waals surface area contributed by atoms with E-state index < -0.39 is 17.6 Å². The summed E-state index contributed by atoms with van der Waals surface area (Å²) in [5.74, 6) is 0.244. The molecule has 3 aromatic rings. The molecule has 4 nitrogen and oxygen atoms in total. The van der Waals surface area contributed by atoms with Crippen LogP contribution in [0.4, 0.5) is 18.9 Å². The lowest BCUT2D eigenvalue weighted by molar-refractivity contribution is -0.137. The van der Waals surface area contributed by atoms with Crippen LogP contribution in [0, 0.1) is 6.92 Å². The summed E-state index contributed by atoms with van der Waals surface area (Å²) < 4.78 is 38.8. The SMILES string of the molecule is Cc1nc2ccc(CC(=O)Nc3ccccc3C(F)(F)F)cc2[nH]1. The molecule has 0 bridgehead atoms. The lowest BCUT2D eigenvalue weighted by Gasteiger charge is -2.13. The number of aryl methyl sites for hydroxylation is 1. The maximum atomic E-state index is 12.9. The molecule has 2 N–H and O–H groups in total. The first-order chi connectivity index (χ1) is 11.3. The van der Waals surface area contributed by atoms with Crippen molar-refractivity contribution < 1.29 is 18.0 Å². The van der Waals surface area contributed by atoms with E-state index in [1.54, 1.807) is 18.2 Å². The molecule has 0 aliphatic rings. The molecule has 7 heteroatoms. The molecule has 0 radical (unpaired) electrons. The van der Waals surface area contributed by atoms with Gasteiger partial charge in [0.1, 0.15) is 5.82 Å². The van der Waals surface area contributed by atoms with Crippen LogP contribution < -0.4 is 5.32 Å². The standard InChI is InChI=1S/C17H14F3N3O/c1-10-21-14-7-6-11(8-15(14)22-10)9-16(24)23-13-5-3-2-4-12(13)17(18,19)20/h2-8H,9H2,1H3,(H,21,22)(H,23,24). The highest BCUT2D eigenvalue weighted by Crippen LogP contribution is 2.34. The molecule has 0 atom stereocenters. The molecule has 0 saturated carbocycles. The molecule has 0 unspecified atom stereocenters. The van der Waals surface area contributed by atoms with Crippen LogP contribution in [0.3, 0.4) is 0 Å². The summed E-state index contributed by atoms with van der Waals surface area (Å²) in [7, 11) is 0. The maximum absolute atomic E-state index is 12.9. The Labute approximate surface area is 135 Å². The molecule has 3 rings (SSSR count). The van der Waals surface area contributed by atoms with Crippen molar-refractivity contribution in [2.45, 2.75) is 19.5 Å². The number of halogens is 3. The van der Waals surface area contributed by atoms with Crippen molar-refractivity contribution in [1.29, 1.82) is 0 Å². The van der Waals surface area contributed by atoms with Crippen molar-refractivity contribution in [3.05, 3.63) is 59.4 Å². The number of anilines is 1. The Kier molecular flexibility index (Phi) is 4.01. The molecule has 0 spiro atoms. The number of carbonyl (C=O) groups excluding carboxylic acids is 1. The van der Waals surface area contributed by atoms with E-state index in [1.807, 2.05) is 6.92 Å². The second kappa shape index (κ2) is 5.99. The minimum atomic E-state index is -4.52. The number of H-pyrrole nitrogens is 1. The minimum Gasteiger partial charge on any atom is -0.342 e. The second-order valence-corrected chi connectivity index (χ2v) is 5.44. The van der Waals surface area contributed by atoms with E-state index in [-0.39, 0.29) is 12.1 Å². The van der Waals surface area contributed by atoms with Gasteiger partial charge in [0.05, 0.1) is 28.7 Å². The predicted octanol–water partition coefficient (Wildman–Crippen LogP) is 4.07. The summed E-state index contributed by atoms with van der Waals surface area (Å²) in [6.07, 6.45) is -4.55. The zero-order valence-corrected chi connectivity index (χ0v) is 12.7. The third-order valence-electron chi connectivity index (χ3n) is 3.54. The van der Waals surface area contributed by atoms with E-state index in [2.05, 4.69) is 15.3 Å². The molecule has 0 aliphatic carbocycles. The number of alkyl halides is 3. The Morgan fingerprint density at radius 1 is 1.21 bits per heavy atom. The van der Waals surface area contributed by atoms with E-state index >= 15 is 0 Å². The topological polar surface area (TPSA) is 57.8 Å². The van der Waals surface area contributed by atoms with Gasteiger partial charge in [-0.05, 0) is 36.8 Å². The quantitative estimate of drug-likeness (QED) is 0.759. The van der Waals surface area contributed by atoms with Gasteiger partial charge in [-0.25, -0.2) is 4.98 Å². The summed E-state index contributed by atoms with van der Waals surface area (Å²) in [5, 5.41) is 2.33. The summed E-state index contributed by atoms with van der Waals surface area (Å²) in [4.78, 5) is 19.4. The van der Waals surface area contributed by atoms with Crippen molar-refractivity contribution in [2.24, 2.45) is 0 Å². The van der Waals surface area contributed by atoms with Gasteiger partial charge in [-0.1, -0.05) is 18.2 Å². The molecule has 0 fully saturated rings. The lowest BCUT2D eigenvalue weighted by Crippen LogP contribution is -2.18. The number of imidazole rings is 1. The van der Waals surface area contributed by atoms with Gasteiger partial charge in [-0.15, -0.1) is 0 Å². The fraction of sp³-hybridized carbons (Fsp3) is 0.176. The molecule has 2 aromatic carbocycles. The van der Waals surface area contributed by atoms with Crippen molar-refractivity contribution in [2.75, 3.05) is 5.32 Å². The van der Waals surface area contributed by atoms with Crippen molar-refractivity contribution in [3.63, 3.8) is 0 Å². The van der Waals surface area contributed by atoms with Crippen molar-refractivity contribution in [1.82, 2.24) is 9.97 Å². The minimum absolute atomic E-state index is 0.0276. The number of amides is 1. The van der Waals surface area contributed by atoms with Gasteiger partial charge in [0.2, 0.25) is 5.91 Å². The van der Waals surface area contributed by atoms with E-state index in [4.69, 9.17) is 0 Å². The molecule has 1 aromatic heterocycles. The van der Waals surface area contributed by atoms with E-state index in [1.165, 1.54) is 18.2 Å². The van der Waals surface area contributed by atoms with Crippen LogP contribution in [0.15, 0.2) is 42.5 Å². The first kappa shape index (κ1) is 16.0. The number of aromatic amines is 1. The Bertz CT molecular complexity index is 899. The fourth-order valence-electron chi connectivity index (χ4n) is 2.51. The number of nitrogens with zero attached hydrogens (tertiary/aromatic N) is 1. The zero-order chi connectivity index (χ0) is 17.3. The molecular weight excluding hydrogens is 319 g/mol. The highest BCUT2D eigenvalue weighted by molar-refractivity contribution is 5.93. The van der Waals surface area contributed by atoms with Gasteiger partial charge in [0.15, 0.2) is 0 Å². The summed E-state index contributed by atoms with van der Waals surface area (Å²) in [6, 6.07) is 10.2. The Morgan fingerprint density at radius 3 is 2.71 bits per heavy atom. The smallest absolute Gasteiger partial charge is 0.342 e. The molecule has 1 amide bonds. The maximum Gasteiger partial charge on any atom is 0.418 e. The highest BCUT2D eigenvalue weighted by atomic mass is 19.4. The average molecular weight is 333 g/mol. The number of hydrogen-bond acceptors (Lipinski definition) is 2. The molecule has 0 aliphatic heterocycles. The molecule has 1 heterocycles. The van der Waals surface area contributed by atoms with Gasteiger partial charge in [0, 0.05) is 0 Å². The van der Waals surface area contributed by atoms with Crippen LogP contribution in [0.1, 0.15) is 17.0 Å². The third-order valence-corrected chi connectivity index (χ3v) is 3.54. The molecule has 124 valence electrons. The van der Waals surface area contributed by atoms with E-state index in [9.17, 15) is 18.0 Å². The van der Waals surface area contributed by atoms with Crippen molar-refractivity contribution >= 4 is 22.6 Å². The number of fused-ring (bicyclic) bond motifs is 1. The van der Waals surface area contributed by atoms with Gasteiger partial charge < -0.3 is 10.3 Å². The number of para-hydroxylation sites is 1. The molecular formula is C17H14F3N3O. The van der Waals surface area contributed by atoms with Crippen LogP contribution in [0.25, 0.3) is 11.0 Å². The Morgan fingerprint density at radius 2 is 1.96 bits per heavy atom. The Balaban J connectivity index is 1.78. The van der Waals surface area contributed by atoms with E-state index in [0.717, 1.165) is 22.9 Å². The van der Waals surface area contributed by atoms with Crippen LogP contribution in [0.2, 0.25) is 0 Å². The van der Waals surface area contributed by atoms with Gasteiger partial charge in [-0.3, -0.25) is 4.79 Å². The van der Waals surface area contributed by atoms with Crippen LogP contribution in [-0.2, 0) is 17.4 Å². The van der Waals surface area contributed by atoms with Crippen LogP contribution >= 0.6 is 0 Å². The number of nitrogens with one attached hydrogen (secondary N) is 2. The largest absolute Gasteiger partial charge is 0.418 e. The molecule has 0 saturated heterocycles. The number of rotatable bonds is 3. The predicted molar refractivity (Wildman–Crippen MR) is 84.6 cm³/mol. The lowest BCUT2D eigenvalue weighted by atomic mass is 10.1. The van der Waals surface area contributed by atoms with Gasteiger partial charge in [-0.2, -0.15) is 13.2 Å². The molecule has 24 heavy (non-hydrogen) atoms. The first-order valence-corrected chi connectivity index (χ1v) is 7.24. The van der Waals surface area contributed by atoms with Gasteiger partial charge >= 0.3 is 6.18 Å². The van der Waals surface area contributed by atoms with Crippen molar-refractivity contribution in [3.8, 4) is 0 Å². The summed E-state index contributed by atoms with van der Waals surface area (Å²) in [6.45, 7) is 1.82. The average Bonchev–Trinajstić information content (AvgIpc) is 2.86. The monoisotopic (exact) mass is 333 g/mol. The Hall–Kier alpha value is -2.83. The van der Waals surface area contributed by atoms with E-state index in [0.29, 0.717) is 5.56 Å². The normalized spacial score (nSPS) is 11.7.